The second-order valence-electron chi connectivity index (χ2n) is 10.7. The highest BCUT2D eigenvalue weighted by atomic mass is 19.4. The molecular formula is C29H28F3N7O5. The first-order chi connectivity index (χ1) is 21.0. The number of hydrogen-bond acceptors (Lipinski definition) is 8. The minimum Gasteiger partial charge on any atom is -0.492 e. The molecule has 1 aromatic heterocycles. The minimum atomic E-state index is -4.60. The van der Waals surface area contributed by atoms with Crippen LogP contribution in [-0.4, -0.2) is 94.0 Å². The van der Waals surface area contributed by atoms with Gasteiger partial charge >= 0.3 is 12.2 Å². The molecule has 2 aromatic rings. The first-order valence-electron chi connectivity index (χ1n) is 14.0. The summed E-state index contributed by atoms with van der Waals surface area (Å²) in [4.78, 5) is 60.2. The average Bonchev–Trinajstić information content (AvgIpc) is 3.52. The Morgan fingerprint density at radius 2 is 1.89 bits per heavy atom. The van der Waals surface area contributed by atoms with E-state index in [4.69, 9.17) is 4.74 Å². The number of dihydropyridines is 1. The molecule has 4 aliphatic heterocycles. The van der Waals surface area contributed by atoms with Gasteiger partial charge in [0, 0.05) is 25.4 Å². The zero-order chi connectivity index (χ0) is 31.2. The number of benzene rings is 1. The molecule has 0 saturated carbocycles. The number of carbonyl (C=O) groups is 4. The summed E-state index contributed by atoms with van der Waals surface area (Å²) in [6.45, 7) is 2.10. The third-order valence-electron chi connectivity index (χ3n) is 7.87. The molecule has 1 fully saturated rings. The van der Waals surface area contributed by atoms with E-state index in [1.54, 1.807) is 36.4 Å². The number of nitrogens with zero attached hydrogens (tertiary/aromatic N) is 4. The number of pyridine rings is 1. The van der Waals surface area contributed by atoms with Gasteiger partial charge in [-0.15, -0.1) is 0 Å². The zero-order valence-electron chi connectivity index (χ0n) is 23.4. The van der Waals surface area contributed by atoms with Crippen molar-refractivity contribution in [1.29, 1.82) is 0 Å². The van der Waals surface area contributed by atoms with Gasteiger partial charge in [-0.05, 0) is 37.6 Å². The van der Waals surface area contributed by atoms with Gasteiger partial charge in [-0.3, -0.25) is 29.5 Å². The summed E-state index contributed by atoms with van der Waals surface area (Å²) in [7, 11) is 0. The lowest BCUT2D eigenvalue weighted by Gasteiger charge is -2.41. The topological polar surface area (TPSA) is 136 Å². The molecular weight excluding hydrogens is 583 g/mol. The number of aromatic nitrogens is 1. The van der Waals surface area contributed by atoms with Crippen LogP contribution in [0.15, 0.2) is 66.3 Å². The number of carbonyl (C=O) groups excluding carboxylic acids is 4. The van der Waals surface area contributed by atoms with Crippen molar-refractivity contribution in [3.05, 3.63) is 77.4 Å². The van der Waals surface area contributed by atoms with Gasteiger partial charge in [-0.2, -0.15) is 13.2 Å². The van der Waals surface area contributed by atoms with Crippen LogP contribution in [0.5, 0.6) is 5.75 Å². The third kappa shape index (κ3) is 5.40. The standard InChI is InChI=1S/C29H28F3N7O5/c1-16(29(30,31)32)34-25(40)21-6-7-22-24(35-21)39(17-9-11-37(22)15-17)28(43)36-23-14-18(8-10-33-23)44-13-12-38-26(41)19-4-2-3-5-20(19)27(38)42/h2-8,10,14,16-17,21,35H,9,11-13,15H2,1H3,(H,34,40)(H,33,36,43)/t16-,17+,21?/m1/s1. The lowest BCUT2D eigenvalue weighted by atomic mass is 10.1. The maximum atomic E-state index is 13.6. The molecule has 1 unspecified atom stereocenters. The summed E-state index contributed by atoms with van der Waals surface area (Å²) in [5.41, 5.74) is 1.34. The van der Waals surface area contributed by atoms with E-state index in [-0.39, 0.29) is 25.0 Å². The molecule has 0 aliphatic carbocycles. The molecule has 15 heteroatoms. The molecule has 12 nitrogen and oxygen atoms in total. The Hall–Kier alpha value is -5.08. The summed E-state index contributed by atoms with van der Waals surface area (Å²) in [5.74, 6) is -0.843. The number of allylic oxidation sites excluding steroid dienone is 1. The second-order valence-corrected chi connectivity index (χ2v) is 10.7. The van der Waals surface area contributed by atoms with Gasteiger partial charge < -0.3 is 20.3 Å². The van der Waals surface area contributed by atoms with Gasteiger partial charge in [0.2, 0.25) is 5.91 Å². The highest BCUT2D eigenvalue weighted by molar-refractivity contribution is 6.21. The fraction of sp³-hybridized carbons (Fsp3) is 0.345. The highest BCUT2D eigenvalue weighted by Crippen LogP contribution is 2.34. The van der Waals surface area contributed by atoms with Crippen molar-refractivity contribution < 1.29 is 37.1 Å². The van der Waals surface area contributed by atoms with Gasteiger partial charge in [0.1, 0.15) is 36.1 Å². The number of anilines is 1. The Morgan fingerprint density at radius 1 is 1.16 bits per heavy atom. The predicted molar refractivity (Wildman–Crippen MR) is 149 cm³/mol. The Kier molecular flexibility index (Phi) is 7.39. The van der Waals surface area contributed by atoms with Crippen LogP contribution in [0.4, 0.5) is 23.8 Å². The van der Waals surface area contributed by atoms with E-state index in [1.807, 2.05) is 10.2 Å². The van der Waals surface area contributed by atoms with Crippen molar-refractivity contribution in [2.45, 2.75) is 37.6 Å². The van der Waals surface area contributed by atoms with Crippen LogP contribution >= 0.6 is 0 Å². The van der Waals surface area contributed by atoms with Gasteiger partial charge in [0.05, 0.1) is 29.4 Å². The summed E-state index contributed by atoms with van der Waals surface area (Å²) >= 11 is 0. The fourth-order valence-corrected chi connectivity index (χ4v) is 5.58. The SMILES string of the molecule is C[C@@H](NC(=O)C1C=CC2=C(N1)N(C(=O)Nc1cc(OCCN3C(=O)c4ccccc4C3=O)ccn1)[C@H]1CCN2C1)C(F)(F)F. The molecule has 1 saturated heterocycles. The largest absolute Gasteiger partial charge is 0.492 e. The van der Waals surface area contributed by atoms with Crippen molar-refractivity contribution in [3.63, 3.8) is 0 Å². The van der Waals surface area contributed by atoms with Crippen LogP contribution in [0.2, 0.25) is 0 Å². The molecule has 5 amide bonds. The fourth-order valence-electron chi connectivity index (χ4n) is 5.58. The van der Waals surface area contributed by atoms with E-state index in [2.05, 4.69) is 15.6 Å². The highest BCUT2D eigenvalue weighted by Gasteiger charge is 2.44. The molecule has 44 heavy (non-hydrogen) atoms. The van der Waals surface area contributed by atoms with E-state index >= 15 is 0 Å². The number of fused-ring (bicyclic) bond motifs is 4. The van der Waals surface area contributed by atoms with Crippen LogP contribution in [0.3, 0.4) is 0 Å². The number of amides is 5. The summed E-state index contributed by atoms with van der Waals surface area (Å²) in [6, 6.07) is 5.67. The van der Waals surface area contributed by atoms with Gasteiger partial charge in [0.25, 0.3) is 11.8 Å². The first kappa shape index (κ1) is 29.0. The molecule has 0 radical (unpaired) electrons. The smallest absolute Gasteiger partial charge is 0.408 e. The van der Waals surface area contributed by atoms with Crippen LogP contribution < -0.4 is 20.7 Å². The van der Waals surface area contributed by atoms with E-state index in [0.29, 0.717) is 47.9 Å². The van der Waals surface area contributed by atoms with Crippen LogP contribution in [0.25, 0.3) is 0 Å². The normalized spacial score (nSPS) is 21.1. The molecule has 2 bridgehead atoms. The number of ether oxygens (including phenoxy) is 1. The summed E-state index contributed by atoms with van der Waals surface area (Å²) in [5, 5.41) is 7.63. The van der Waals surface area contributed by atoms with E-state index in [9.17, 15) is 32.3 Å². The average molecular weight is 612 g/mol. The van der Waals surface area contributed by atoms with E-state index in [1.165, 1.54) is 23.2 Å². The Labute approximate surface area is 249 Å². The number of hydrogen-bond donors (Lipinski definition) is 3. The third-order valence-corrected chi connectivity index (χ3v) is 7.87. The van der Waals surface area contributed by atoms with Crippen LogP contribution in [-0.2, 0) is 4.79 Å². The maximum Gasteiger partial charge on any atom is 0.408 e. The van der Waals surface area contributed by atoms with Crippen LogP contribution in [0, 0.1) is 0 Å². The molecule has 6 rings (SSSR count). The number of imide groups is 1. The summed E-state index contributed by atoms with van der Waals surface area (Å²) < 4.78 is 44.8. The summed E-state index contributed by atoms with van der Waals surface area (Å²) in [6.07, 6.45) is 0.578. The lowest BCUT2D eigenvalue weighted by molar-refractivity contribution is -0.158. The van der Waals surface area contributed by atoms with Crippen molar-refractivity contribution in [1.82, 2.24) is 30.3 Å². The van der Waals surface area contributed by atoms with E-state index in [0.717, 1.165) is 11.8 Å². The molecule has 0 spiro atoms. The molecule has 5 heterocycles. The Morgan fingerprint density at radius 3 is 2.59 bits per heavy atom. The minimum absolute atomic E-state index is 0.00973. The predicted octanol–water partition coefficient (Wildman–Crippen LogP) is 2.44. The molecule has 230 valence electrons. The number of alkyl halides is 3. The van der Waals surface area contributed by atoms with Crippen molar-refractivity contribution >= 4 is 29.6 Å². The van der Waals surface area contributed by atoms with E-state index < -0.39 is 42.0 Å². The van der Waals surface area contributed by atoms with Crippen molar-refractivity contribution in [2.75, 3.05) is 31.6 Å². The molecule has 3 atom stereocenters. The Balaban J connectivity index is 1.10. The molecule has 1 aromatic carbocycles. The monoisotopic (exact) mass is 611 g/mol. The molecule has 3 N–H and O–H groups in total. The van der Waals surface area contributed by atoms with Crippen molar-refractivity contribution in [3.8, 4) is 5.75 Å². The van der Waals surface area contributed by atoms with Crippen molar-refractivity contribution in [2.24, 2.45) is 0 Å². The van der Waals surface area contributed by atoms with Gasteiger partial charge in [-0.1, -0.05) is 18.2 Å². The molecule has 4 aliphatic rings. The maximum absolute atomic E-state index is 13.6. The lowest BCUT2D eigenvalue weighted by Crippen LogP contribution is -2.57. The quantitative estimate of drug-likeness (QED) is 0.407. The first-order valence-corrected chi connectivity index (χ1v) is 14.0. The second kappa shape index (κ2) is 11.2. The Bertz CT molecular complexity index is 1560. The van der Waals surface area contributed by atoms with Gasteiger partial charge in [0.15, 0.2) is 0 Å². The van der Waals surface area contributed by atoms with Crippen LogP contribution in [0.1, 0.15) is 34.1 Å². The number of halogens is 3. The number of nitrogens with one attached hydrogen (secondary N) is 3. The number of urea groups is 1. The van der Waals surface area contributed by atoms with Gasteiger partial charge in [-0.25, -0.2) is 9.78 Å². The number of rotatable bonds is 7. The zero-order valence-corrected chi connectivity index (χ0v) is 23.4.